The highest BCUT2D eigenvalue weighted by Crippen LogP contribution is 2.28. The molecule has 1 aliphatic carbocycles. The molecule has 0 heterocycles. The van der Waals surface area contributed by atoms with Gasteiger partial charge in [-0.05, 0) is 36.6 Å². The highest BCUT2D eigenvalue weighted by molar-refractivity contribution is 6.39. The first-order valence-electron chi connectivity index (χ1n) is 5.10. The number of hydrogen-bond donors (Lipinski definition) is 1. The van der Waals surface area contributed by atoms with Gasteiger partial charge in [0.15, 0.2) is 5.78 Å². The van der Waals surface area contributed by atoms with Crippen LogP contribution in [-0.4, -0.2) is 22.6 Å². The van der Waals surface area contributed by atoms with Gasteiger partial charge in [-0.3, -0.25) is 9.59 Å². The Morgan fingerprint density at radius 2 is 2.06 bits per heavy atom. The van der Waals surface area contributed by atoms with Crippen LogP contribution in [0.1, 0.15) is 22.3 Å². The molecule has 1 aromatic carbocycles. The van der Waals surface area contributed by atoms with Crippen molar-refractivity contribution < 1.29 is 19.5 Å². The van der Waals surface area contributed by atoms with E-state index in [1.165, 1.54) is 0 Å². The molecule has 4 nitrogen and oxygen atoms in total. The normalized spacial score (nSPS) is 18.6. The maximum atomic E-state index is 11.9. The molecule has 0 spiro atoms. The third-order valence-corrected chi connectivity index (χ3v) is 3.11. The summed E-state index contributed by atoms with van der Waals surface area (Å²) >= 11 is 5.80. The predicted octanol–water partition coefficient (Wildman–Crippen LogP) is 1.74. The molecule has 0 fully saturated rings. The Labute approximate surface area is 102 Å². The molecule has 2 rings (SSSR count). The zero-order chi connectivity index (χ0) is 12.6. The van der Waals surface area contributed by atoms with Gasteiger partial charge in [0, 0.05) is 10.6 Å². The van der Waals surface area contributed by atoms with Gasteiger partial charge in [0.1, 0.15) is 0 Å². The average Bonchev–Trinajstić information content (AvgIpc) is 2.28. The van der Waals surface area contributed by atoms with Crippen LogP contribution in [0.5, 0.6) is 0 Å². The number of fused-ring (bicyclic) bond motifs is 1. The van der Waals surface area contributed by atoms with Crippen LogP contribution in [0.25, 0.3) is 0 Å². The molecule has 0 saturated carbocycles. The number of aliphatic carboxylic acids is 1. The maximum absolute atomic E-state index is 11.9. The zero-order valence-corrected chi connectivity index (χ0v) is 9.53. The summed E-state index contributed by atoms with van der Waals surface area (Å²) in [5, 5.41) is 9.15. The van der Waals surface area contributed by atoms with Gasteiger partial charge in [-0.2, -0.15) is 0 Å². The lowest BCUT2D eigenvalue weighted by atomic mass is 9.80. The van der Waals surface area contributed by atoms with E-state index in [2.05, 4.69) is 0 Å². The number of halogens is 1. The first-order chi connectivity index (χ1) is 8.00. The Kier molecular flexibility index (Phi) is 2.98. The van der Waals surface area contributed by atoms with Crippen molar-refractivity contribution in [2.75, 3.05) is 0 Å². The van der Waals surface area contributed by atoms with Crippen molar-refractivity contribution in [3.05, 3.63) is 34.3 Å². The summed E-state index contributed by atoms with van der Waals surface area (Å²) in [7, 11) is 0. The standard InChI is InChI=1S/C12H9ClO4/c13-7-2-4-8-6(5-7)1-3-9(10(8)14)11(15)12(16)17/h2,4-5,9H,1,3H2,(H,16,17). The molecule has 0 aliphatic heterocycles. The van der Waals surface area contributed by atoms with Crippen LogP contribution in [0.3, 0.4) is 0 Å². The molecule has 17 heavy (non-hydrogen) atoms. The van der Waals surface area contributed by atoms with E-state index in [1.807, 2.05) is 0 Å². The molecule has 0 aromatic heterocycles. The lowest BCUT2D eigenvalue weighted by molar-refractivity contribution is -0.150. The fourth-order valence-corrected chi connectivity index (χ4v) is 2.22. The van der Waals surface area contributed by atoms with Crippen LogP contribution in [0.15, 0.2) is 18.2 Å². The number of carboxylic acid groups (broad SMARTS) is 1. The monoisotopic (exact) mass is 252 g/mol. The minimum absolute atomic E-state index is 0.233. The van der Waals surface area contributed by atoms with Crippen molar-refractivity contribution in [1.82, 2.24) is 0 Å². The molecular weight excluding hydrogens is 244 g/mol. The summed E-state index contributed by atoms with van der Waals surface area (Å²) in [6.45, 7) is 0. The smallest absolute Gasteiger partial charge is 0.372 e. The molecule has 1 N–H and O–H groups in total. The molecule has 0 radical (unpaired) electrons. The number of rotatable bonds is 2. The second-order valence-electron chi connectivity index (χ2n) is 3.93. The summed E-state index contributed by atoms with van der Waals surface area (Å²) < 4.78 is 0. The van der Waals surface area contributed by atoms with Crippen molar-refractivity contribution >= 4 is 29.1 Å². The van der Waals surface area contributed by atoms with Crippen LogP contribution in [0, 0.1) is 5.92 Å². The molecule has 0 saturated heterocycles. The lowest BCUT2D eigenvalue weighted by Crippen LogP contribution is -2.33. The molecule has 1 aromatic rings. The number of carbonyl (C=O) groups is 3. The van der Waals surface area contributed by atoms with Crippen LogP contribution in [0.4, 0.5) is 0 Å². The second-order valence-corrected chi connectivity index (χ2v) is 4.36. The summed E-state index contributed by atoms with van der Waals surface area (Å²) in [6.07, 6.45) is 0.725. The molecule has 0 bridgehead atoms. The molecule has 5 heteroatoms. The first kappa shape index (κ1) is 11.8. The molecule has 1 aliphatic rings. The molecular formula is C12H9ClO4. The van der Waals surface area contributed by atoms with Crippen molar-refractivity contribution in [1.29, 1.82) is 0 Å². The van der Waals surface area contributed by atoms with E-state index in [4.69, 9.17) is 16.7 Å². The third kappa shape index (κ3) is 2.08. The largest absolute Gasteiger partial charge is 0.475 e. The Morgan fingerprint density at radius 3 is 2.71 bits per heavy atom. The average molecular weight is 253 g/mol. The number of carbonyl (C=O) groups excluding carboxylic acids is 2. The van der Waals surface area contributed by atoms with Crippen LogP contribution >= 0.6 is 11.6 Å². The highest BCUT2D eigenvalue weighted by atomic mass is 35.5. The second kappa shape index (κ2) is 4.30. The van der Waals surface area contributed by atoms with Gasteiger partial charge >= 0.3 is 5.97 Å². The van der Waals surface area contributed by atoms with Gasteiger partial charge in [0.25, 0.3) is 5.78 Å². The number of ketones is 2. The minimum Gasteiger partial charge on any atom is -0.475 e. The van der Waals surface area contributed by atoms with Crippen molar-refractivity contribution in [2.45, 2.75) is 12.8 Å². The predicted molar refractivity (Wildman–Crippen MR) is 60.2 cm³/mol. The van der Waals surface area contributed by atoms with Gasteiger partial charge in [-0.15, -0.1) is 0 Å². The Hall–Kier alpha value is -1.68. The van der Waals surface area contributed by atoms with E-state index < -0.39 is 23.5 Å². The number of aryl methyl sites for hydroxylation is 1. The van der Waals surface area contributed by atoms with Crippen LogP contribution in [-0.2, 0) is 16.0 Å². The quantitative estimate of drug-likeness (QED) is 0.643. The molecule has 0 amide bonds. The first-order valence-corrected chi connectivity index (χ1v) is 5.48. The van der Waals surface area contributed by atoms with Crippen LogP contribution < -0.4 is 0 Å². The Bertz CT molecular complexity index is 521. The summed E-state index contributed by atoms with van der Waals surface area (Å²) in [4.78, 5) is 33.9. The van der Waals surface area contributed by atoms with Crippen molar-refractivity contribution in [2.24, 2.45) is 5.92 Å². The molecule has 88 valence electrons. The summed E-state index contributed by atoms with van der Waals surface area (Å²) in [6, 6.07) is 4.78. The van der Waals surface area contributed by atoms with Crippen LogP contribution in [0.2, 0.25) is 5.02 Å². The van der Waals surface area contributed by atoms with E-state index in [0.717, 1.165) is 5.56 Å². The highest BCUT2D eigenvalue weighted by Gasteiger charge is 2.35. The van der Waals surface area contributed by atoms with E-state index in [1.54, 1.807) is 18.2 Å². The Balaban J connectivity index is 2.37. The van der Waals surface area contributed by atoms with Gasteiger partial charge in [0.05, 0.1) is 5.92 Å². The van der Waals surface area contributed by atoms with Gasteiger partial charge in [0.2, 0.25) is 0 Å². The van der Waals surface area contributed by atoms with E-state index in [0.29, 0.717) is 17.0 Å². The number of carboxylic acids is 1. The zero-order valence-electron chi connectivity index (χ0n) is 8.77. The van der Waals surface area contributed by atoms with E-state index in [-0.39, 0.29) is 6.42 Å². The lowest BCUT2D eigenvalue weighted by Gasteiger charge is -2.21. The fraction of sp³-hybridized carbons (Fsp3) is 0.250. The van der Waals surface area contributed by atoms with Crippen molar-refractivity contribution in [3.63, 3.8) is 0 Å². The molecule has 1 unspecified atom stereocenters. The number of Topliss-reactive ketones (excluding diaryl/α,β-unsaturated/α-hetero) is 2. The SMILES string of the molecule is O=C(O)C(=O)C1CCc2cc(Cl)ccc2C1=O. The topological polar surface area (TPSA) is 71.4 Å². The minimum atomic E-state index is -1.55. The Morgan fingerprint density at radius 1 is 1.35 bits per heavy atom. The van der Waals surface area contributed by atoms with Gasteiger partial charge in [-0.25, -0.2) is 4.79 Å². The third-order valence-electron chi connectivity index (χ3n) is 2.88. The van der Waals surface area contributed by atoms with Gasteiger partial charge in [-0.1, -0.05) is 11.6 Å². The summed E-state index contributed by atoms with van der Waals surface area (Å²) in [5.41, 5.74) is 1.18. The molecule has 1 atom stereocenters. The number of benzene rings is 1. The number of hydrogen-bond acceptors (Lipinski definition) is 3. The van der Waals surface area contributed by atoms with E-state index in [9.17, 15) is 14.4 Å². The fourth-order valence-electron chi connectivity index (χ4n) is 2.03. The summed E-state index contributed by atoms with van der Waals surface area (Å²) in [5.74, 6) is -4.06. The van der Waals surface area contributed by atoms with Crippen molar-refractivity contribution in [3.8, 4) is 0 Å². The van der Waals surface area contributed by atoms with E-state index >= 15 is 0 Å². The maximum Gasteiger partial charge on any atom is 0.372 e. The van der Waals surface area contributed by atoms with Gasteiger partial charge < -0.3 is 5.11 Å².